The Morgan fingerprint density at radius 3 is 2.90 bits per heavy atom. The zero-order valence-electron chi connectivity index (χ0n) is 21.5. The summed E-state index contributed by atoms with van der Waals surface area (Å²) in [6, 6.07) is 8.98. The minimum absolute atomic E-state index is 0.0440. The van der Waals surface area contributed by atoms with Crippen molar-refractivity contribution in [3.63, 3.8) is 0 Å². The van der Waals surface area contributed by atoms with Crippen LogP contribution in [0.2, 0.25) is 0 Å². The van der Waals surface area contributed by atoms with E-state index in [2.05, 4.69) is 25.5 Å². The predicted molar refractivity (Wildman–Crippen MR) is 146 cm³/mol. The molecule has 206 valence electrons. The van der Waals surface area contributed by atoms with Crippen LogP contribution in [-0.4, -0.2) is 63.9 Å². The van der Waals surface area contributed by atoms with Gasteiger partial charge in [0.05, 0.1) is 23.9 Å². The van der Waals surface area contributed by atoms with Gasteiger partial charge in [-0.15, -0.1) is 0 Å². The highest BCUT2D eigenvalue weighted by atomic mass is 19.3. The quantitative estimate of drug-likeness (QED) is 0.404. The first-order valence-corrected chi connectivity index (χ1v) is 13.1. The number of carbonyl (C=O) groups excluding carboxylic acids is 1. The number of aliphatic imine (C=N–C) groups is 1. The van der Waals surface area contributed by atoms with E-state index in [-0.39, 0.29) is 31.0 Å². The summed E-state index contributed by atoms with van der Waals surface area (Å²) < 4.78 is 46.4. The maximum Gasteiger partial charge on any atom is 0.276 e. The third-order valence-electron chi connectivity index (χ3n) is 7.14. The summed E-state index contributed by atoms with van der Waals surface area (Å²) in [5.41, 5.74) is 3.34. The van der Waals surface area contributed by atoms with Crippen molar-refractivity contribution in [3.8, 4) is 5.88 Å². The molecule has 1 amide bonds. The van der Waals surface area contributed by atoms with Crippen LogP contribution in [0.5, 0.6) is 5.88 Å². The Kier molecular flexibility index (Phi) is 6.97. The Morgan fingerprint density at radius 2 is 2.12 bits per heavy atom. The van der Waals surface area contributed by atoms with Gasteiger partial charge in [0.2, 0.25) is 5.88 Å². The molecule has 2 atom stereocenters. The van der Waals surface area contributed by atoms with Gasteiger partial charge in [-0.05, 0) is 41.8 Å². The second-order valence-electron chi connectivity index (χ2n) is 10.3. The number of alkyl halides is 3. The van der Waals surface area contributed by atoms with Gasteiger partial charge >= 0.3 is 0 Å². The Bertz CT molecular complexity index is 1540. The van der Waals surface area contributed by atoms with Gasteiger partial charge in [-0.1, -0.05) is 18.2 Å². The fourth-order valence-corrected chi connectivity index (χ4v) is 5.14. The van der Waals surface area contributed by atoms with Gasteiger partial charge in [0.25, 0.3) is 11.8 Å². The molecular formula is C29H27F3N6O2. The SMILES string of the molecule is O=C(Nc1ccc(OC2=CC=CC(F)C2)nc1)c1n[nH]c2ccc(C3C=NC=C(CN4CCC(F)(F)C4)C3)cc12. The molecule has 4 heterocycles. The first-order valence-electron chi connectivity index (χ1n) is 13.1. The van der Waals surface area contributed by atoms with E-state index in [9.17, 15) is 18.0 Å². The second kappa shape index (κ2) is 10.7. The first-order chi connectivity index (χ1) is 19.3. The third kappa shape index (κ3) is 5.84. The minimum atomic E-state index is -2.63. The number of benzene rings is 1. The van der Waals surface area contributed by atoms with Crippen molar-refractivity contribution < 1.29 is 22.7 Å². The number of carbonyl (C=O) groups is 1. The summed E-state index contributed by atoms with van der Waals surface area (Å²) in [4.78, 5) is 23.4. The molecular weight excluding hydrogens is 521 g/mol. The van der Waals surface area contributed by atoms with E-state index in [0.29, 0.717) is 47.7 Å². The van der Waals surface area contributed by atoms with Crippen LogP contribution in [0.25, 0.3) is 10.9 Å². The van der Waals surface area contributed by atoms with Gasteiger partial charge < -0.3 is 10.1 Å². The van der Waals surface area contributed by atoms with E-state index < -0.39 is 18.0 Å². The molecule has 8 nitrogen and oxygen atoms in total. The van der Waals surface area contributed by atoms with Crippen molar-refractivity contribution in [1.82, 2.24) is 20.1 Å². The Hall–Kier alpha value is -4.25. The van der Waals surface area contributed by atoms with Gasteiger partial charge in [0, 0.05) is 55.7 Å². The highest BCUT2D eigenvalue weighted by Crippen LogP contribution is 2.32. The molecule has 0 saturated carbocycles. The lowest BCUT2D eigenvalue weighted by Crippen LogP contribution is -2.28. The van der Waals surface area contributed by atoms with Crippen molar-refractivity contribution in [2.75, 3.05) is 25.0 Å². The maximum atomic E-state index is 13.6. The van der Waals surface area contributed by atoms with Crippen LogP contribution in [0.4, 0.5) is 18.9 Å². The number of anilines is 1. The molecule has 2 aromatic heterocycles. The van der Waals surface area contributed by atoms with Crippen LogP contribution in [0.15, 0.2) is 77.3 Å². The topological polar surface area (TPSA) is 95.5 Å². The van der Waals surface area contributed by atoms with Crippen molar-refractivity contribution >= 4 is 28.7 Å². The number of likely N-dealkylation sites (tertiary alicyclic amines) is 1. The zero-order chi connectivity index (χ0) is 27.7. The summed E-state index contributed by atoms with van der Waals surface area (Å²) in [5.74, 6) is -2.31. The Morgan fingerprint density at radius 1 is 1.23 bits per heavy atom. The number of aromatic amines is 1. The van der Waals surface area contributed by atoms with E-state index in [0.717, 1.165) is 11.1 Å². The smallest absolute Gasteiger partial charge is 0.276 e. The number of halogens is 3. The number of pyridine rings is 1. The molecule has 1 aliphatic carbocycles. The monoisotopic (exact) mass is 548 g/mol. The van der Waals surface area contributed by atoms with E-state index in [1.165, 1.54) is 12.3 Å². The Balaban J connectivity index is 1.12. The molecule has 3 aliphatic rings. The third-order valence-corrected chi connectivity index (χ3v) is 7.14. The lowest BCUT2D eigenvalue weighted by molar-refractivity contribution is 0.0130. The number of hydrogen-bond donors (Lipinski definition) is 2. The molecule has 0 bridgehead atoms. The van der Waals surface area contributed by atoms with E-state index in [1.54, 1.807) is 35.4 Å². The number of allylic oxidation sites excluding steroid dienone is 4. The molecule has 2 N–H and O–H groups in total. The van der Waals surface area contributed by atoms with Crippen LogP contribution >= 0.6 is 0 Å². The van der Waals surface area contributed by atoms with Gasteiger partial charge in [0.15, 0.2) is 5.69 Å². The first kappa shape index (κ1) is 26.0. The number of nitrogens with one attached hydrogen (secondary N) is 2. The molecule has 2 aliphatic heterocycles. The second-order valence-corrected chi connectivity index (χ2v) is 10.3. The van der Waals surface area contributed by atoms with Gasteiger partial charge in [-0.25, -0.2) is 18.2 Å². The van der Waals surface area contributed by atoms with Gasteiger partial charge in [0.1, 0.15) is 11.9 Å². The van der Waals surface area contributed by atoms with Crippen LogP contribution in [0.3, 0.4) is 0 Å². The van der Waals surface area contributed by atoms with Crippen molar-refractivity contribution in [1.29, 1.82) is 0 Å². The lowest BCUT2D eigenvalue weighted by atomic mass is 9.90. The molecule has 1 aromatic carbocycles. The summed E-state index contributed by atoms with van der Waals surface area (Å²) in [7, 11) is 0. The van der Waals surface area contributed by atoms with E-state index in [1.807, 2.05) is 24.4 Å². The van der Waals surface area contributed by atoms with Crippen LogP contribution < -0.4 is 10.1 Å². The van der Waals surface area contributed by atoms with Gasteiger partial charge in [-0.2, -0.15) is 5.10 Å². The van der Waals surface area contributed by atoms with Crippen LogP contribution in [-0.2, 0) is 0 Å². The fourth-order valence-electron chi connectivity index (χ4n) is 5.14. The highest BCUT2D eigenvalue weighted by Gasteiger charge is 2.38. The number of aromatic nitrogens is 3. The average molecular weight is 549 g/mol. The summed E-state index contributed by atoms with van der Waals surface area (Å²) in [6.07, 6.45) is 9.42. The predicted octanol–water partition coefficient (Wildman–Crippen LogP) is 5.55. The van der Waals surface area contributed by atoms with E-state index in [4.69, 9.17) is 4.74 Å². The largest absolute Gasteiger partial charge is 0.443 e. The van der Waals surface area contributed by atoms with E-state index >= 15 is 0 Å². The van der Waals surface area contributed by atoms with Crippen LogP contribution in [0.1, 0.15) is 41.2 Å². The molecule has 6 rings (SSSR count). The van der Waals surface area contributed by atoms with Crippen LogP contribution in [0, 0.1) is 0 Å². The normalized spacial score (nSPS) is 22.3. The molecule has 1 fully saturated rings. The standard InChI is InChI=1S/C29H27F3N6O2/c30-21-2-1-3-23(12-21)40-26-7-5-22(15-34-26)35-28(39)27-24-11-19(4-6-25(24)36-37-27)20-10-18(13-33-14-20)16-38-9-8-29(31,32)17-38/h1-7,11,13-15,20-21H,8-10,12,16-17H2,(H,35,39)(H,36,37). The fraction of sp³-hybridized carbons (Fsp3) is 0.310. The summed E-state index contributed by atoms with van der Waals surface area (Å²) >= 11 is 0. The van der Waals surface area contributed by atoms with Crippen molar-refractivity contribution in [2.24, 2.45) is 4.99 Å². The summed E-state index contributed by atoms with van der Waals surface area (Å²) in [6.45, 7) is 0.616. The number of hydrogen-bond acceptors (Lipinski definition) is 6. The van der Waals surface area contributed by atoms with Gasteiger partial charge in [-0.3, -0.25) is 19.8 Å². The molecule has 0 radical (unpaired) electrons. The molecule has 40 heavy (non-hydrogen) atoms. The Labute approximate surface area is 228 Å². The van der Waals surface area contributed by atoms with Crippen molar-refractivity contribution in [2.45, 2.75) is 37.3 Å². The molecule has 0 spiro atoms. The number of ether oxygens (including phenoxy) is 1. The number of H-pyrrole nitrogens is 1. The van der Waals surface area contributed by atoms with Crippen molar-refractivity contribution in [3.05, 3.63) is 83.5 Å². The molecule has 11 heteroatoms. The number of nitrogens with zero attached hydrogens (tertiary/aromatic N) is 4. The average Bonchev–Trinajstić information content (AvgIpc) is 3.52. The zero-order valence-corrected chi connectivity index (χ0v) is 21.5. The summed E-state index contributed by atoms with van der Waals surface area (Å²) in [5, 5.41) is 10.6. The molecule has 3 aromatic rings. The lowest BCUT2D eigenvalue weighted by Gasteiger charge is -2.22. The number of amides is 1. The molecule has 1 saturated heterocycles. The minimum Gasteiger partial charge on any atom is -0.443 e. The number of rotatable bonds is 7. The highest BCUT2D eigenvalue weighted by molar-refractivity contribution is 6.11. The molecule has 2 unspecified atom stereocenters. The maximum absolute atomic E-state index is 13.6. The number of fused-ring (bicyclic) bond motifs is 1.